The van der Waals surface area contributed by atoms with Gasteiger partial charge in [0.1, 0.15) is 34.3 Å². The molecule has 4 aliphatic rings. The highest BCUT2D eigenvalue weighted by molar-refractivity contribution is 6.42. The number of carbonyl (C=O) groups excluding carboxylic acids is 4. The molecule has 4 amide bonds. The summed E-state index contributed by atoms with van der Waals surface area (Å²) in [4.78, 5) is 161. The van der Waals surface area contributed by atoms with Gasteiger partial charge in [-0.15, -0.1) is 0 Å². The molecule has 8 aromatic carbocycles. The lowest BCUT2D eigenvalue weighted by Crippen LogP contribution is -2.49. The van der Waals surface area contributed by atoms with Gasteiger partial charge >= 0.3 is 45.0 Å². The maximum absolute atomic E-state index is 13.1. The number of nitro groups is 4. The van der Waals surface area contributed by atoms with Gasteiger partial charge in [-0.1, -0.05) is 81.2 Å². The molecule has 4 aliphatic heterocycles. The van der Waals surface area contributed by atoms with Crippen molar-refractivity contribution in [2.45, 2.75) is 0 Å². The zero-order chi connectivity index (χ0) is 90.7. The average Bonchev–Trinajstić information content (AvgIpc) is 0.761. The van der Waals surface area contributed by atoms with E-state index in [2.05, 4.69) is 0 Å². The third kappa shape index (κ3) is 18.7. The number of halogens is 8. The van der Waals surface area contributed by atoms with Crippen LogP contribution in [0.4, 0.5) is 49.9 Å². The van der Waals surface area contributed by atoms with Gasteiger partial charge < -0.3 is 62.2 Å². The maximum Gasteiger partial charge on any atom is 0.357 e. The van der Waals surface area contributed by atoms with Crippen molar-refractivity contribution in [3.63, 3.8) is 0 Å². The lowest BCUT2D eigenvalue weighted by molar-refractivity contribution is -0.385. The lowest BCUT2D eigenvalue weighted by atomic mass is 10.1. The van der Waals surface area contributed by atoms with Crippen LogP contribution in [-0.4, -0.2) is 193 Å². The molecule has 0 spiro atoms. The summed E-state index contributed by atoms with van der Waals surface area (Å²) in [6.07, 6.45) is 0. The molecule has 652 valence electrons. The zero-order valence-electron chi connectivity index (χ0n) is 67.5. The van der Waals surface area contributed by atoms with Gasteiger partial charge in [-0.2, -0.15) is 0 Å². The number of benzene rings is 8. The van der Waals surface area contributed by atoms with Crippen LogP contribution in [0.2, 0.25) is 35.2 Å². The first-order valence-corrected chi connectivity index (χ1v) is 41.3. The minimum Gasteiger partial charge on any atom is -0.497 e. The molecule has 0 radical (unpaired) electrons. The number of aromatic nitrogens is 4. The number of piperazine rings is 4. The van der Waals surface area contributed by atoms with Crippen LogP contribution in [0.5, 0.6) is 5.75 Å². The van der Waals surface area contributed by atoms with E-state index in [1.807, 2.05) is 0 Å². The Balaban J connectivity index is 0.000000144. The molecule has 4 aromatic heterocycles. The Morgan fingerprint density at radius 1 is 0.310 bits per heavy atom. The van der Waals surface area contributed by atoms with Crippen molar-refractivity contribution in [2.75, 3.05) is 131 Å². The minimum absolute atomic E-state index is 0.126. The van der Waals surface area contributed by atoms with Crippen LogP contribution in [0.15, 0.2) is 183 Å². The first-order chi connectivity index (χ1) is 60.0. The number of ether oxygens (including phenoxy) is 1. The molecule has 0 bridgehead atoms. The number of hydrogen-bond donors (Lipinski definition) is 0. The van der Waals surface area contributed by atoms with Crippen LogP contribution in [-0.2, 0) is 28.2 Å². The van der Waals surface area contributed by atoms with Crippen molar-refractivity contribution in [1.82, 2.24) is 37.9 Å². The molecule has 0 N–H and O–H groups in total. The summed E-state index contributed by atoms with van der Waals surface area (Å²) in [5, 5.41) is 52.1. The molecule has 0 unspecified atom stereocenters. The molecule has 4 fully saturated rings. The first-order valence-electron chi connectivity index (χ1n) is 38.7. The van der Waals surface area contributed by atoms with E-state index in [-0.39, 0.29) is 51.4 Å². The second kappa shape index (κ2) is 38.3. The first kappa shape index (κ1) is 90.8. The van der Waals surface area contributed by atoms with Crippen molar-refractivity contribution in [2.24, 2.45) is 28.2 Å². The Morgan fingerprint density at radius 2 is 0.540 bits per heavy atom. The number of carbonyl (C=O) groups is 4. The second-order valence-corrected chi connectivity index (χ2v) is 32.4. The van der Waals surface area contributed by atoms with E-state index < -0.39 is 70.5 Å². The largest absolute Gasteiger partial charge is 0.497 e. The van der Waals surface area contributed by atoms with E-state index in [1.54, 1.807) is 180 Å². The number of amides is 4. The Bertz CT molecular complexity index is 6480. The van der Waals surface area contributed by atoms with E-state index in [4.69, 9.17) is 85.9 Å². The number of nitrogens with zero attached hydrogens (tertiary/aromatic N) is 16. The number of aryl methyl sites for hydroxylation is 4. The van der Waals surface area contributed by atoms with Crippen molar-refractivity contribution >= 4 is 194 Å². The van der Waals surface area contributed by atoms with E-state index in [0.29, 0.717) is 206 Å². The smallest absolute Gasteiger partial charge is 0.357 e. The average molecular weight is 1860 g/mol. The highest BCUT2D eigenvalue weighted by atomic mass is 35.5. The highest BCUT2D eigenvalue weighted by Gasteiger charge is 2.38. The molecular formula is C85H74Cl7FN16O17. The third-order valence-corrected chi connectivity index (χ3v) is 24.1. The van der Waals surface area contributed by atoms with Gasteiger partial charge in [0.05, 0.1) is 58.9 Å². The van der Waals surface area contributed by atoms with Crippen LogP contribution < -0.4 is 46.6 Å². The summed E-state index contributed by atoms with van der Waals surface area (Å²) in [7, 11) is 7.53. The maximum atomic E-state index is 13.1. The summed E-state index contributed by atoms with van der Waals surface area (Å²) in [5.74, 6) is -0.484. The fourth-order valence-electron chi connectivity index (χ4n) is 15.7. The monoisotopic (exact) mass is 1850 g/mol. The molecule has 41 heteroatoms. The SMILES string of the molecule is COc1ccc(C(=O)N2CCN(c3c([N+](=O)[O-])c(=O)n(C)c4ccc(Cl)cc34)CC2)cc1.Cn1c(=O)c([N+](=O)[O-])c(N2CCN(C(=O)c3ccc(Cl)c(Cl)c3)CC2)c2cc(Cl)ccc21.Cn1c(=O)c([N+](=O)[O-])c(N2CCN(C(=O)c3ccc(Cl)cc3)CC2)c2cc(Cl)ccc21.Cn1c(=O)c([N+](=O)[O-])c(N2CCN(C(=O)c3ccc(F)cc3)CC2)c2cc(Cl)ccc21. The predicted molar refractivity (Wildman–Crippen MR) is 483 cm³/mol. The lowest BCUT2D eigenvalue weighted by Gasteiger charge is -2.36. The van der Waals surface area contributed by atoms with Crippen molar-refractivity contribution in [3.8, 4) is 5.75 Å². The molecule has 4 saturated heterocycles. The molecule has 0 saturated carbocycles. The fourth-order valence-corrected chi connectivity index (χ4v) is 16.8. The standard InChI is InChI=1S/C22H21ClN4O5.C21H17Cl3N4O4.C21H18Cl2N4O4.C21H18ClFN4O4/c1-24-18-8-5-15(23)13-17(18)19(20(22(24)29)27(30)31)25-9-11-26(12-10-25)21(28)14-3-6-16(32-2)7-4-14;1-25-17-5-3-13(22)11-14(17)18(19(21(25)30)28(31)32)26-6-8-27(9-7-26)20(29)12-2-4-15(23)16(24)10-12;1-24-17-7-6-15(23)12-16(17)18(19(21(24)29)27(30)31)25-8-10-26(11-9-25)20(28)13-2-4-14(22)5-3-13;1-24-17-7-4-14(22)12-16(17)18(19(21(24)29)27(30)31)25-8-10-26(11-9-25)20(28)13-2-5-15(23)6-3-13/h3-8,13H,9-12H2,1-2H3;2-5,10-11H,6-9H2,1H3;2*2-7,12H,8-11H2,1H3. The van der Waals surface area contributed by atoms with Crippen LogP contribution >= 0.6 is 81.2 Å². The molecule has 33 nitrogen and oxygen atoms in total. The summed E-state index contributed by atoms with van der Waals surface area (Å²) in [5.41, 5.74) is 0.129. The van der Waals surface area contributed by atoms with Crippen LogP contribution in [0, 0.1) is 46.3 Å². The topological polar surface area (TPSA) is 364 Å². The Morgan fingerprint density at radius 3 is 0.786 bits per heavy atom. The number of rotatable bonds is 13. The number of methoxy groups -OCH3 is 1. The predicted octanol–water partition coefficient (Wildman–Crippen LogP) is 14.4. The van der Waals surface area contributed by atoms with Gasteiger partial charge in [-0.3, -0.25) is 78.8 Å². The van der Waals surface area contributed by atoms with Crippen LogP contribution in [0.25, 0.3) is 43.6 Å². The quantitative estimate of drug-likeness (QED) is 0.0764. The number of fused-ring (bicyclic) bond motifs is 4. The number of hydrogen-bond acceptors (Lipinski definition) is 21. The molecule has 126 heavy (non-hydrogen) atoms. The summed E-state index contributed by atoms with van der Waals surface area (Å²) >= 11 is 42.5. The van der Waals surface area contributed by atoms with Gasteiger partial charge in [0.2, 0.25) is 0 Å². The molecule has 0 aliphatic carbocycles. The van der Waals surface area contributed by atoms with Crippen molar-refractivity contribution in [1.29, 1.82) is 0 Å². The highest BCUT2D eigenvalue weighted by Crippen LogP contribution is 2.41. The second-order valence-electron chi connectivity index (χ2n) is 29.4. The zero-order valence-corrected chi connectivity index (χ0v) is 72.8. The minimum atomic E-state index is -0.709. The van der Waals surface area contributed by atoms with Gasteiger partial charge in [0.25, 0.3) is 23.6 Å². The molecule has 8 heterocycles. The van der Waals surface area contributed by atoms with Gasteiger partial charge in [-0.25, -0.2) is 4.39 Å². The molecule has 12 aromatic rings. The molecule has 16 rings (SSSR count). The molecular weight excluding hydrogens is 1780 g/mol. The van der Waals surface area contributed by atoms with Crippen molar-refractivity contribution in [3.05, 3.63) is 309 Å². The van der Waals surface area contributed by atoms with Crippen LogP contribution in [0.1, 0.15) is 41.4 Å². The van der Waals surface area contributed by atoms with E-state index in [9.17, 15) is 83.2 Å². The fraction of sp³-hybridized carbons (Fsp3) is 0.247. The third-order valence-electron chi connectivity index (χ3n) is 22.2. The normalized spacial score (nSPS) is 14.1. The Hall–Kier alpha value is -13.0. The van der Waals surface area contributed by atoms with E-state index in [0.717, 1.165) is 0 Å². The van der Waals surface area contributed by atoms with Gasteiger partial charge in [-0.05, 0) is 164 Å². The summed E-state index contributed by atoms with van der Waals surface area (Å²) in [6, 6.07) is 43.2. The summed E-state index contributed by atoms with van der Waals surface area (Å²) in [6.45, 7) is 5.23. The summed E-state index contributed by atoms with van der Waals surface area (Å²) < 4.78 is 23.3. The van der Waals surface area contributed by atoms with Gasteiger partial charge in [0.15, 0.2) is 0 Å². The van der Waals surface area contributed by atoms with Crippen molar-refractivity contribution < 1.29 is 48.0 Å². The van der Waals surface area contributed by atoms with E-state index in [1.165, 1.54) is 76.8 Å². The number of pyridine rings is 4. The van der Waals surface area contributed by atoms with Crippen LogP contribution in [0.3, 0.4) is 0 Å². The molecule has 0 atom stereocenters. The van der Waals surface area contributed by atoms with Gasteiger partial charge in [0, 0.05) is 202 Å². The number of anilines is 4. The Kier molecular flexibility index (Phi) is 27.6. The Labute approximate surface area is 749 Å². The van der Waals surface area contributed by atoms with E-state index >= 15 is 0 Å².